The molecule has 1 aromatic carbocycles. The molecule has 2 aliphatic heterocycles. The number of hydrogen-bond donors (Lipinski definition) is 0. The summed E-state index contributed by atoms with van der Waals surface area (Å²) in [5.41, 5.74) is 1.52. The van der Waals surface area contributed by atoms with Crippen molar-refractivity contribution in [3.05, 3.63) is 53.6 Å². The van der Waals surface area contributed by atoms with Gasteiger partial charge in [-0.05, 0) is 31.0 Å². The summed E-state index contributed by atoms with van der Waals surface area (Å²) in [6, 6.07) is 6.08. The number of carbonyl (C=O) groups excluding carboxylic acids is 2. The Morgan fingerprint density at radius 3 is 2.62 bits per heavy atom. The van der Waals surface area contributed by atoms with Crippen molar-refractivity contribution in [3.63, 3.8) is 0 Å². The van der Waals surface area contributed by atoms with E-state index in [-0.39, 0.29) is 23.7 Å². The standard InChI is InChI=1S/C21H26FN5O2/c1-2-27-15-17(13-23-27)20(28)25-8-7-19-21(29)26(12-10-24(19)9-11-25)14-16-3-5-18(22)6-4-16/h3-6,13,15,19H,2,7-12,14H2,1H3. The van der Waals surface area contributed by atoms with Crippen molar-refractivity contribution in [3.8, 4) is 0 Å². The Bertz CT molecular complexity index is 881. The molecule has 2 fully saturated rings. The van der Waals surface area contributed by atoms with Crippen molar-refractivity contribution in [1.82, 2.24) is 24.5 Å². The predicted molar refractivity (Wildman–Crippen MR) is 106 cm³/mol. The first-order chi connectivity index (χ1) is 14.0. The van der Waals surface area contributed by atoms with Crippen LogP contribution in [0.15, 0.2) is 36.7 Å². The van der Waals surface area contributed by atoms with Gasteiger partial charge in [0.25, 0.3) is 5.91 Å². The van der Waals surface area contributed by atoms with E-state index in [0.29, 0.717) is 44.7 Å². The van der Waals surface area contributed by atoms with E-state index in [9.17, 15) is 14.0 Å². The van der Waals surface area contributed by atoms with Crippen molar-refractivity contribution < 1.29 is 14.0 Å². The Morgan fingerprint density at radius 2 is 1.90 bits per heavy atom. The third kappa shape index (κ3) is 4.17. The number of piperazine rings is 1. The van der Waals surface area contributed by atoms with Gasteiger partial charge in [0.05, 0.1) is 17.8 Å². The van der Waals surface area contributed by atoms with Gasteiger partial charge in [-0.15, -0.1) is 0 Å². The van der Waals surface area contributed by atoms with E-state index >= 15 is 0 Å². The van der Waals surface area contributed by atoms with Crippen LogP contribution in [0.5, 0.6) is 0 Å². The average Bonchev–Trinajstić information content (AvgIpc) is 3.11. The van der Waals surface area contributed by atoms with Crippen LogP contribution in [0.1, 0.15) is 29.3 Å². The summed E-state index contributed by atoms with van der Waals surface area (Å²) in [6.45, 7) is 6.47. The van der Waals surface area contributed by atoms with E-state index < -0.39 is 0 Å². The number of nitrogens with zero attached hydrogens (tertiary/aromatic N) is 5. The third-order valence-corrected chi connectivity index (χ3v) is 5.80. The van der Waals surface area contributed by atoms with Gasteiger partial charge in [0.1, 0.15) is 5.82 Å². The fourth-order valence-electron chi connectivity index (χ4n) is 4.09. The van der Waals surface area contributed by atoms with E-state index in [2.05, 4.69) is 10.00 Å². The highest BCUT2D eigenvalue weighted by atomic mass is 19.1. The molecule has 1 unspecified atom stereocenters. The Morgan fingerprint density at radius 1 is 1.14 bits per heavy atom. The van der Waals surface area contributed by atoms with Gasteiger partial charge >= 0.3 is 0 Å². The minimum Gasteiger partial charge on any atom is -0.337 e. The summed E-state index contributed by atoms with van der Waals surface area (Å²) in [7, 11) is 0. The maximum absolute atomic E-state index is 13.1. The van der Waals surface area contributed by atoms with Crippen molar-refractivity contribution in [2.45, 2.75) is 32.5 Å². The molecule has 0 spiro atoms. The first-order valence-electron chi connectivity index (χ1n) is 10.1. The molecule has 3 heterocycles. The summed E-state index contributed by atoms with van der Waals surface area (Å²) in [4.78, 5) is 31.8. The van der Waals surface area contributed by atoms with Gasteiger partial charge in [-0.25, -0.2) is 4.39 Å². The number of fused-ring (bicyclic) bond motifs is 1. The molecule has 0 N–H and O–H groups in total. The molecule has 0 bridgehead atoms. The van der Waals surface area contributed by atoms with Crippen LogP contribution in [0.4, 0.5) is 4.39 Å². The molecule has 1 aromatic heterocycles. The predicted octanol–water partition coefficient (Wildman–Crippen LogP) is 1.60. The van der Waals surface area contributed by atoms with E-state index in [1.807, 2.05) is 16.7 Å². The van der Waals surface area contributed by atoms with E-state index in [0.717, 1.165) is 18.7 Å². The van der Waals surface area contributed by atoms with Crippen molar-refractivity contribution in [1.29, 1.82) is 0 Å². The lowest BCUT2D eigenvalue weighted by molar-refractivity contribution is -0.142. The number of benzene rings is 1. The SMILES string of the molecule is CCn1cc(C(=O)N2CCC3C(=O)N(Cc4ccc(F)cc4)CCN3CC2)cn1. The Hall–Kier alpha value is -2.74. The second-order valence-electron chi connectivity index (χ2n) is 7.60. The molecule has 2 aromatic rings. The van der Waals surface area contributed by atoms with E-state index in [1.54, 1.807) is 29.2 Å². The smallest absolute Gasteiger partial charge is 0.257 e. The minimum absolute atomic E-state index is 0.0276. The fourth-order valence-corrected chi connectivity index (χ4v) is 4.09. The lowest BCUT2D eigenvalue weighted by Crippen LogP contribution is -2.56. The highest BCUT2D eigenvalue weighted by Crippen LogP contribution is 2.21. The van der Waals surface area contributed by atoms with E-state index in [1.165, 1.54) is 12.1 Å². The first-order valence-corrected chi connectivity index (χ1v) is 10.1. The number of carbonyl (C=O) groups is 2. The van der Waals surface area contributed by atoms with Crippen LogP contribution in [0.25, 0.3) is 0 Å². The highest BCUT2D eigenvalue weighted by molar-refractivity contribution is 5.94. The Labute approximate surface area is 169 Å². The molecule has 7 nitrogen and oxygen atoms in total. The van der Waals surface area contributed by atoms with Gasteiger partial charge in [-0.2, -0.15) is 5.10 Å². The molecular formula is C21H26FN5O2. The number of rotatable bonds is 4. The molecule has 1 atom stereocenters. The van der Waals surface area contributed by atoms with Crippen molar-refractivity contribution >= 4 is 11.8 Å². The van der Waals surface area contributed by atoms with Crippen molar-refractivity contribution in [2.24, 2.45) is 0 Å². The van der Waals surface area contributed by atoms with Crippen LogP contribution < -0.4 is 0 Å². The minimum atomic E-state index is -0.275. The van der Waals surface area contributed by atoms with Gasteiger partial charge < -0.3 is 9.80 Å². The molecular weight excluding hydrogens is 373 g/mol. The molecule has 0 aliphatic carbocycles. The quantitative estimate of drug-likeness (QED) is 0.784. The van der Waals surface area contributed by atoms with Gasteiger partial charge in [-0.1, -0.05) is 12.1 Å². The van der Waals surface area contributed by atoms with E-state index in [4.69, 9.17) is 0 Å². The summed E-state index contributed by atoms with van der Waals surface area (Å²) >= 11 is 0. The maximum Gasteiger partial charge on any atom is 0.257 e. The number of amides is 2. The van der Waals surface area contributed by atoms with Crippen LogP contribution in [0.2, 0.25) is 0 Å². The van der Waals surface area contributed by atoms with Crippen LogP contribution >= 0.6 is 0 Å². The molecule has 2 aliphatic rings. The van der Waals surface area contributed by atoms with Crippen LogP contribution in [0.3, 0.4) is 0 Å². The number of halogens is 1. The normalized spacial score (nSPS) is 20.5. The molecule has 0 radical (unpaired) electrons. The second kappa shape index (κ2) is 8.32. The lowest BCUT2D eigenvalue weighted by atomic mass is 10.1. The first kappa shape index (κ1) is 19.6. The van der Waals surface area contributed by atoms with Crippen LogP contribution in [-0.4, -0.2) is 75.1 Å². The molecule has 154 valence electrons. The molecule has 2 saturated heterocycles. The summed E-state index contributed by atoms with van der Waals surface area (Å²) < 4.78 is 14.9. The summed E-state index contributed by atoms with van der Waals surface area (Å²) in [6.07, 6.45) is 4.00. The van der Waals surface area contributed by atoms with Gasteiger partial charge in [-0.3, -0.25) is 19.2 Å². The fraction of sp³-hybridized carbons (Fsp3) is 0.476. The molecule has 0 saturated carbocycles. The van der Waals surface area contributed by atoms with Gasteiger partial charge in [0.2, 0.25) is 5.91 Å². The highest BCUT2D eigenvalue weighted by Gasteiger charge is 2.37. The Kier molecular flexibility index (Phi) is 5.62. The van der Waals surface area contributed by atoms with Crippen LogP contribution in [-0.2, 0) is 17.9 Å². The van der Waals surface area contributed by atoms with Gasteiger partial charge in [0, 0.05) is 52.0 Å². The van der Waals surface area contributed by atoms with Crippen LogP contribution in [0, 0.1) is 5.82 Å². The summed E-state index contributed by atoms with van der Waals surface area (Å²) in [5.74, 6) is -0.211. The topological polar surface area (TPSA) is 61.7 Å². The zero-order valence-electron chi connectivity index (χ0n) is 16.6. The average molecular weight is 399 g/mol. The molecule has 4 rings (SSSR count). The second-order valence-corrected chi connectivity index (χ2v) is 7.60. The number of hydrogen-bond acceptors (Lipinski definition) is 4. The zero-order chi connectivity index (χ0) is 20.4. The molecule has 8 heteroatoms. The number of aryl methyl sites for hydroxylation is 1. The lowest BCUT2D eigenvalue weighted by Gasteiger charge is -2.39. The number of aromatic nitrogens is 2. The molecule has 29 heavy (non-hydrogen) atoms. The largest absolute Gasteiger partial charge is 0.337 e. The maximum atomic E-state index is 13.1. The van der Waals surface area contributed by atoms with Crippen molar-refractivity contribution in [2.75, 3.05) is 32.7 Å². The monoisotopic (exact) mass is 399 g/mol. The summed E-state index contributed by atoms with van der Waals surface area (Å²) in [5, 5.41) is 4.19. The Balaban J connectivity index is 1.40. The molecule has 2 amide bonds. The third-order valence-electron chi connectivity index (χ3n) is 5.80. The zero-order valence-corrected chi connectivity index (χ0v) is 16.6. The van der Waals surface area contributed by atoms with Gasteiger partial charge in [0.15, 0.2) is 0 Å².